The maximum atomic E-state index is 5.86. The quantitative estimate of drug-likeness (QED) is 0.434. The molecule has 3 N–H and O–H groups in total. The van der Waals surface area contributed by atoms with E-state index in [4.69, 9.17) is 12.2 Å². The van der Waals surface area contributed by atoms with Gasteiger partial charge in [-0.15, -0.1) is 6.42 Å². The van der Waals surface area contributed by atoms with Crippen LogP contribution in [0.2, 0.25) is 0 Å². The Morgan fingerprint density at radius 1 is 1.38 bits per heavy atom. The molecule has 0 saturated heterocycles. The molecule has 0 bridgehead atoms. The van der Waals surface area contributed by atoms with Crippen LogP contribution >= 0.6 is 0 Å². The minimum Gasteiger partial charge on any atom is -0.370 e. The minimum absolute atomic E-state index is 0.0210. The molecule has 1 saturated carbocycles. The van der Waals surface area contributed by atoms with Crippen LogP contribution in [0.1, 0.15) is 46.0 Å². The van der Waals surface area contributed by atoms with Crippen molar-refractivity contribution in [2.75, 3.05) is 0 Å². The third kappa shape index (κ3) is 4.14. The van der Waals surface area contributed by atoms with Crippen LogP contribution < -0.4 is 11.1 Å². The van der Waals surface area contributed by atoms with E-state index in [9.17, 15) is 0 Å². The molecule has 1 aliphatic rings. The van der Waals surface area contributed by atoms with Crippen LogP contribution in [0, 0.1) is 18.3 Å². The molecule has 1 atom stereocenters. The van der Waals surface area contributed by atoms with Gasteiger partial charge in [0.1, 0.15) is 0 Å². The smallest absolute Gasteiger partial charge is 0.189 e. The van der Waals surface area contributed by atoms with Gasteiger partial charge in [-0.2, -0.15) is 0 Å². The predicted molar refractivity (Wildman–Crippen MR) is 69.1 cm³/mol. The van der Waals surface area contributed by atoms with Gasteiger partial charge in [0.25, 0.3) is 0 Å². The maximum Gasteiger partial charge on any atom is 0.189 e. The molecule has 0 aliphatic heterocycles. The lowest BCUT2D eigenvalue weighted by Gasteiger charge is -2.21. The SMILES string of the molecule is C#CC(NC(N)=NC1CCCCC1)C(C)C. The molecule has 0 radical (unpaired) electrons. The number of aliphatic imine (C=N–C) groups is 1. The van der Waals surface area contributed by atoms with Gasteiger partial charge in [0.2, 0.25) is 0 Å². The zero-order valence-corrected chi connectivity index (χ0v) is 10.4. The zero-order chi connectivity index (χ0) is 12.0. The number of nitrogens with two attached hydrogens (primary N) is 1. The van der Waals surface area contributed by atoms with E-state index in [1.165, 1.54) is 19.3 Å². The summed E-state index contributed by atoms with van der Waals surface area (Å²) < 4.78 is 0. The summed E-state index contributed by atoms with van der Waals surface area (Å²) in [4.78, 5) is 4.49. The van der Waals surface area contributed by atoms with E-state index in [1.807, 2.05) is 0 Å². The van der Waals surface area contributed by atoms with Gasteiger partial charge in [-0.3, -0.25) is 4.99 Å². The van der Waals surface area contributed by atoms with Crippen molar-refractivity contribution in [3.8, 4) is 12.3 Å². The highest BCUT2D eigenvalue weighted by Gasteiger charge is 2.14. The lowest BCUT2D eigenvalue weighted by molar-refractivity contribution is 0.440. The van der Waals surface area contributed by atoms with E-state index in [0.29, 0.717) is 17.9 Å². The Morgan fingerprint density at radius 3 is 2.50 bits per heavy atom. The molecular weight excluding hydrogens is 198 g/mol. The van der Waals surface area contributed by atoms with Crippen LogP contribution in [0.5, 0.6) is 0 Å². The Kier molecular flexibility index (Phi) is 5.18. The Morgan fingerprint density at radius 2 is 2.00 bits per heavy atom. The van der Waals surface area contributed by atoms with Crippen LogP contribution in [0.4, 0.5) is 0 Å². The number of terminal acetylenes is 1. The van der Waals surface area contributed by atoms with E-state index in [0.717, 1.165) is 12.8 Å². The summed E-state index contributed by atoms with van der Waals surface area (Å²) in [6.45, 7) is 4.15. The molecule has 0 heterocycles. The molecule has 0 aromatic heterocycles. The molecule has 3 nitrogen and oxygen atoms in total. The van der Waals surface area contributed by atoms with Crippen molar-refractivity contribution in [1.82, 2.24) is 5.32 Å². The Bertz CT molecular complexity index is 269. The number of nitrogens with one attached hydrogen (secondary N) is 1. The second kappa shape index (κ2) is 6.42. The summed E-state index contributed by atoms with van der Waals surface area (Å²) in [7, 11) is 0. The third-order valence-corrected chi connectivity index (χ3v) is 3.05. The van der Waals surface area contributed by atoms with Gasteiger partial charge in [-0.1, -0.05) is 39.0 Å². The summed E-state index contributed by atoms with van der Waals surface area (Å²) in [5.74, 6) is 3.57. The van der Waals surface area contributed by atoms with Crippen molar-refractivity contribution >= 4 is 5.96 Å². The standard InChI is InChI=1S/C13H23N3/c1-4-12(10(2)3)16-13(14)15-11-8-6-5-7-9-11/h1,10-12H,5-9H2,2-3H3,(H3,14,15,16). The van der Waals surface area contributed by atoms with Crippen molar-refractivity contribution in [1.29, 1.82) is 0 Å². The molecule has 0 aromatic rings. The molecule has 3 heteroatoms. The first-order valence-corrected chi connectivity index (χ1v) is 6.19. The van der Waals surface area contributed by atoms with Gasteiger partial charge in [-0.25, -0.2) is 0 Å². The predicted octanol–water partition coefficient (Wildman–Crippen LogP) is 1.88. The Balaban J connectivity index is 2.46. The number of hydrogen-bond acceptors (Lipinski definition) is 1. The zero-order valence-electron chi connectivity index (χ0n) is 10.4. The van der Waals surface area contributed by atoms with Crippen molar-refractivity contribution in [2.45, 2.75) is 58.0 Å². The number of rotatable bonds is 3. The van der Waals surface area contributed by atoms with Crippen molar-refractivity contribution in [2.24, 2.45) is 16.6 Å². The summed E-state index contributed by atoms with van der Waals surface area (Å²) in [5, 5.41) is 3.11. The second-order valence-corrected chi connectivity index (χ2v) is 4.84. The Hall–Kier alpha value is -1.17. The summed E-state index contributed by atoms with van der Waals surface area (Å²) in [6.07, 6.45) is 11.6. The highest BCUT2D eigenvalue weighted by molar-refractivity contribution is 5.78. The van der Waals surface area contributed by atoms with Crippen LogP contribution in [0.25, 0.3) is 0 Å². The molecule has 16 heavy (non-hydrogen) atoms. The van der Waals surface area contributed by atoms with E-state index < -0.39 is 0 Å². The molecule has 1 rings (SSSR count). The maximum absolute atomic E-state index is 5.86. The van der Waals surface area contributed by atoms with Crippen LogP contribution in [-0.4, -0.2) is 18.0 Å². The van der Waals surface area contributed by atoms with Crippen molar-refractivity contribution < 1.29 is 0 Å². The first-order valence-electron chi connectivity index (χ1n) is 6.19. The summed E-state index contributed by atoms with van der Waals surface area (Å²) in [6, 6.07) is 0.374. The fourth-order valence-electron chi connectivity index (χ4n) is 2.00. The summed E-state index contributed by atoms with van der Waals surface area (Å²) in [5.41, 5.74) is 5.86. The summed E-state index contributed by atoms with van der Waals surface area (Å²) >= 11 is 0. The molecule has 0 amide bonds. The van der Waals surface area contributed by atoms with Gasteiger partial charge in [0, 0.05) is 0 Å². The monoisotopic (exact) mass is 221 g/mol. The number of nitrogens with zero attached hydrogens (tertiary/aromatic N) is 1. The van der Waals surface area contributed by atoms with Gasteiger partial charge in [0.15, 0.2) is 5.96 Å². The molecule has 1 aliphatic carbocycles. The van der Waals surface area contributed by atoms with Gasteiger partial charge < -0.3 is 11.1 Å². The van der Waals surface area contributed by atoms with Gasteiger partial charge in [0.05, 0.1) is 12.1 Å². The lowest BCUT2D eigenvalue weighted by Crippen LogP contribution is -2.42. The highest BCUT2D eigenvalue weighted by Crippen LogP contribution is 2.19. The van der Waals surface area contributed by atoms with Crippen LogP contribution in [0.3, 0.4) is 0 Å². The molecule has 1 unspecified atom stereocenters. The second-order valence-electron chi connectivity index (χ2n) is 4.84. The lowest BCUT2D eigenvalue weighted by atomic mass is 9.96. The topological polar surface area (TPSA) is 50.4 Å². The normalized spacial score (nSPS) is 20.5. The van der Waals surface area contributed by atoms with Crippen molar-refractivity contribution in [3.63, 3.8) is 0 Å². The first kappa shape index (κ1) is 12.9. The van der Waals surface area contributed by atoms with E-state index in [2.05, 4.69) is 30.1 Å². The van der Waals surface area contributed by atoms with Gasteiger partial charge in [-0.05, 0) is 18.8 Å². The first-order chi connectivity index (χ1) is 7.63. The number of hydrogen-bond donors (Lipinski definition) is 2. The molecule has 1 fully saturated rings. The molecular formula is C13H23N3. The van der Waals surface area contributed by atoms with Crippen LogP contribution in [0.15, 0.2) is 4.99 Å². The fraction of sp³-hybridized carbons (Fsp3) is 0.769. The fourth-order valence-corrected chi connectivity index (χ4v) is 2.00. The average Bonchev–Trinajstić information content (AvgIpc) is 2.27. The molecule has 90 valence electrons. The van der Waals surface area contributed by atoms with Crippen LogP contribution in [-0.2, 0) is 0 Å². The van der Waals surface area contributed by atoms with E-state index in [-0.39, 0.29) is 6.04 Å². The van der Waals surface area contributed by atoms with Crippen molar-refractivity contribution in [3.05, 3.63) is 0 Å². The van der Waals surface area contributed by atoms with E-state index in [1.54, 1.807) is 0 Å². The molecule has 0 spiro atoms. The minimum atomic E-state index is -0.0210. The van der Waals surface area contributed by atoms with E-state index >= 15 is 0 Å². The third-order valence-electron chi connectivity index (χ3n) is 3.05. The highest BCUT2D eigenvalue weighted by atomic mass is 15.1. The largest absolute Gasteiger partial charge is 0.370 e. The molecule has 0 aromatic carbocycles. The Labute approximate surface area is 98.9 Å². The number of guanidine groups is 1. The van der Waals surface area contributed by atoms with Gasteiger partial charge >= 0.3 is 0 Å². The average molecular weight is 221 g/mol.